The van der Waals surface area contributed by atoms with Gasteiger partial charge in [0, 0.05) is 60.4 Å². The predicted octanol–water partition coefficient (Wildman–Crippen LogP) is 4.29. The zero-order chi connectivity index (χ0) is 45.2. The van der Waals surface area contributed by atoms with Gasteiger partial charge in [0.15, 0.2) is 5.78 Å². The predicted molar refractivity (Wildman–Crippen MR) is 231 cm³/mol. The number of ether oxygens (including phenoxy) is 2. The summed E-state index contributed by atoms with van der Waals surface area (Å²) in [4.78, 5) is 63.4. The Balaban J connectivity index is 1.42. The van der Waals surface area contributed by atoms with Crippen LogP contribution in [0.2, 0.25) is 0 Å². The standard InChI is InChI=1S/C46H62F2N6O8/c1-9-22(2)44(58)52-39(24(4)61-7)43(57)34-20-30(55)14-26(34)15-35-32-12-10-27(47)16-37(32)50-41(35)42-36(33-13-11-28(48)17-38(33)51-42)19-29-18-31(56)21-54(29)46(60)40(25(5)62-8)53-45(59)23(3)49-6/h10-13,16-17,22-26,29-31,34,39-40,49-51,55-56H,9,14-15,18-21H2,1-8H3,(H,52,58)(H,53,59)/t22-,23+,24-,25-,26+,29?,30+,31+,34?,39+,40+/m1/s1. The summed E-state index contributed by atoms with van der Waals surface area (Å²) in [5.41, 5.74) is 3.51. The van der Waals surface area contributed by atoms with Crippen molar-refractivity contribution >= 4 is 45.3 Å². The summed E-state index contributed by atoms with van der Waals surface area (Å²) in [7, 11) is 4.56. The number of likely N-dealkylation sites (N-methyl/N-ethyl adjacent to an activating group) is 1. The minimum absolute atomic E-state index is 0.0109. The van der Waals surface area contributed by atoms with E-state index in [-0.39, 0.29) is 49.8 Å². The Bertz CT molecular complexity index is 2110. The minimum atomic E-state index is -1.06. The zero-order valence-corrected chi connectivity index (χ0v) is 36.8. The van der Waals surface area contributed by atoms with Gasteiger partial charge in [-0.1, -0.05) is 13.8 Å². The van der Waals surface area contributed by atoms with Gasteiger partial charge in [0.1, 0.15) is 23.7 Å². The summed E-state index contributed by atoms with van der Waals surface area (Å²) in [5, 5.41) is 32.1. The number of rotatable bonds is 18. The lowest BCUT2D eigenvalue weighted by Crippen LogP contribution is -2.58. The number of aliphatic hydroxyl groups is 2. The molecule has 3 heterocycles. The number of aliphatic hydroxyl groups excluding tert-OH is 2. The fourth-order valence-electron chi connectivity index (χ4n) is 9.20. The van der Waals surface area contributed by atoms with Gasteiger partial charge in [-0.3, -0.25) is 19.2 Å². The molecule has 338 valence electrons. The number of benzene rings is 2. The maximum atomic E-state index is 14.9. The van der Waals surface area contributed by atoms with Crippen LogP contribution in [0.1, 0.15) is 71.4 Å². The van der Waals surface area contributed by atoms with Gasteiger partial charge in [-0.15, -0.1) is 0 Å². The largest absolute Gasteiger partial charge is 0.393 e. The summed E-state index contributed by atoms with van der Waals surface area (Å²) >= 11 is 0. The minimum Gasteiger partial charge on any atom is -0.393 e. The number of nitrogens with zero attached hydrogens (tertiary/aromatic N) is 1. The molecule has 11 atom stereocenters. The van der Waals surface area contributed by atoms with Gasteiger partial charge in [0.25, 0.3) is 0 Å². The van der Waals surface area contributed by atoms with Crippen LogP contribution in [0.15, 0.2) is 36.4 Å². The molecule has 2 aromatic heterocycles. The number of H-pyrrole nitrogens is 2. The van der Waals surface area contributed by atoms with Crippen molar-refractivity contribution in [2.75, 3.05) is 27.8 Å². The molecule has 62 heavy (non-hydrogen) atoms. The lowest BCUT2D eigenvalue weighted by Gasteiger charge is -2.32. The normalized spacial score (nSPS) is 23.3. The van der Waals surface area contributed by atoms with Crippen LogP contribution >= 0.6 is 0 Å². The van der Waals surface area contributed by atoms with Gasteiger partial charge >= 0.3 is 0 Å². The van der Waals surface area contributed by atoms with Crippen molar-refractivity contribution < 1.29 is 47.6 Å². The second kappa shape index (κ2) is 19.8. The highest BCUT2D eigenvalue weighted by Crippen LogP contribution is 2.43. The lowest BCUT2D eigenvalue weighted by atomic mass is 9.82. The first-order valence-electron chi connectivity index (χ1n) is 21.6. The Morgan fingerprint density at radius 2 is 1.34 bits per heavy atom. The third kappa shape index (κ3) is 9.74. The van der Waals surface area contributed by atoms with E-state index in [4.69, 9.17) is 9.47 Å². The molecule has 16 heteroatoms. The van der Waals surface area contributed by atoms with E-state index in [1.54, 1.807) is 51.8 Å². The Morgan fingerprint density at radius 3 is 1.89 bits per heavy atom. The zero-order valence-electron chi connectivity index (χ0n) is 36.8. The average molecular weight is 865 g/mol. The number of Topliss-reactive ketones (excluding diaryl/α,β-unsaturated/α-hetero) is 1. The smallest absolute Gasteiger partial charge is 0.248 e. The number of ketones is 1. The van der Waals surface area contributed by atoms with Crippen LogP contribution < -0.4 is 16.0 Å². The average Bonchev–Trinajstić information content (AvgIpc) is 4.02. The van der Waals surface area contributed by atoms with Gasteiger partial charge in [-0.25, -0.2) is 8.78 Å². The molecule has 1 saturated carbocycles. The molecule has 2 unspecified atom stereocenters. The van der Waals surface area contributed by atoms with Gasteiger partial charge in [-0.05, 0) is 120 Å². The number of hydrogen-bond acceptors (Lipinski definition) is 9. The third-order valence-corrected chi connectivity index (χ3v) is 13.3. The number of β-amino-alcohol motifs (C(OH)–C–C–N with tert-alkyl or cyclic N) is 1. The Hall–Kier alpha value is -4.74. The SMILES string of the molecule is CC[C@@H](C)C(=O)N[C@H](C(=O)C1C[C@@H](O)C[C@H]1Cc1c(-c2[nH]c3cc(F)ccc3c2CC2C[C@H](O)CN2C(=O)[C@@H](NC(=O)[C@H](C)NC)[C@@H](C)OC)[nH]c2cc(F)ccc12)[C@@H](C)OC. The van der Waals surface area contributed by atoms with E-state index in [2.05, 4.69) is 25.9 Å². The number of nitrogens with one attached hydrogen (secondary N) is 5. The molecule has 1 saturated heterocycles. The van der Waals surface area contributed by atoms with Crippen molar-refractivity contribution in [3.63, 3.8) is 0 Å². The number of fused-ring (bicyclic) bond motifs is 2. The van der Waals surface area contributed by atoms with E-state index in [0.29, 0.717) is 51.6 Å². The number of carbonyl (C=O) groups is 4. The van der Waals surface area contributed by atoms with Gasteiger partial charge in [-0.2, -0.15) is 0 Å². The number of likely N-dealkylation sites (tertiary alicyclic amines) is 1. The first-order valence-corrected chi connectivity index (χ1v) is 21.6. The summed E-state index contributed by atoms with van der Waals surface area (Å²) in [6.07, 6.45) is -1.23. The van der Waals surface area contributed by atoms with E-state index in [0.717, 1.165) is 5.56 Å². The molecular formula is C46H62F2N6O8. The van der Waals surface area contributed by atoms with E-state index in [1.807, 2.05) is 6.92 Å². The number of carbonyl (C=O) groups excluding carboxylic acids is 4. The van der Waals surface area contributed by atoms with Crippen LogP contribution in [-0.4, -0.2) is 125 Å². The molecule has 7 N–H and O–H groups in total. The maximum absolute atomic E-state index is 14.9. The van der Waals surface area contributed by atoms with Crippen molar-refractivity contribution in [3.05, 3.63) is 59.2 Å². The van der Waals surface area contributed by atoms with Gasteiger partial charge < -0.3 is 50.5 Å². The molecule has 2 aliphatic rings. The molecule has 2 fully saturated rings. The molecule has 0 bridgehead atoms. The molecule has 0 radical (unpaired) electrons. The number of methoxy groups -OCH3 is 2. The van der Waals surface area contributed by atoms with Crippen molar-refractivity contribution in [1.82, 2.24) is 30.8 Å². The molecule has 0 spiro atoms. The molecule has 1 aliphatic carbocycles. The van der Waals surface area contributed by atoms with E-state index < -0.39 is 83.9 Å². The van der Waals surface area contributed by atoms with Crippen LogP contribution in [0.25, 0.3) is 33.2 Å². The van der Waals surface area contributed by atoms with Crippen LogP contribution in [0, 0.1) is 29.4 Å². The van der Waals surface area contributed by atoms with E-state index >= 15 is 0 Å². The fraction of sp³-hybridized carbons (Fsp3) is 0.565. The topological polar surface area (TPSA) is 198 Å². The first-order chi connectivity index (χ1) is 29.5. The van der Waals surface area contributed by atoms with Crippen LogP contribution in [0.5, 0.6) is 0 Å². The summed E-state index contributed by atoms with van der Waals surface area (Å²) in [6, 6.07) is 5.61. The highest BCUT2D eigenvalue weighted by Gasteiger charge is 2.44. The van der Waals surface area contributed by atoms with Crippen LogP contribution in [0.4, 0.5) is 8.78 Å². The van der Waals surface area contributed by atoms with E-state index in [9.17, 15) is 38.2 Å². The second-order valence-electron chi connectivity index (χ2n) is 17.3. The van der Waals surface area contributed by atoms with Crippen LogP contribution in [0.3, 0.4) is 0 Å². The van der Waals surface area contributed by atoms with E-state index in [1.165, 1.54) is 38.5 Å². The first kappa shape index (κ1) is 46.8. The van der Waals surface area contributed by atoms with Crippen molar-refractivity contribution in [1.29, 1.82) is 0 Å². The fourth-order valence-corrected chi connectivity index (χ4v) is 9.20. The van der Waals surface area contributed by atoms with Crippen molar-refractivity contribution in [2.45, 2.75) is 122 Å². The molecule has 1 aliphatic heterocycles. The van der Waals surface area contributed by atoms with Crippen LogP contribution in [-0.2, 0) is 41.5 Å². The Morgan fingerprint density at radius 1 is 0.790 bits per heavy atom. The molecule has 14 nitrogen and oxygen atoms in total. The summed E-state index contributed by atoms with van der Waals surface area (Å²) in [5.74, 6) is -3.65. The summed E-state index contributed by atoms with van der Waals surface area (Å²) < 4.78 is 40.9. The van der Waals surface area contributed by atoms with Gasteiger partial charge in [0.2, 0.25) is 17.7 Å². The second-order valence-corrected chi connectivity index (χ2v) is 17.3. The Labute approximate surface area is 360 Å². The highest BCUT2D eigenvalue weighted by molar-refractivity contribution is 5.97. The van der Waals surface area contributed by atoms with Crippen molar-refractivity contribution in [2.24, 2.45) is 17.8 Å². The molecule has 4 aromatic rings. The molecule has 2 aromatic carbocycles. The number of halogens is 2. The molecular weight excluding hydrogens is 803 g/mol. The third-order valence-electron chi connectivity index (χ3n) is 13.3. The van der Waals surface area contributed by atoms with Crippen molar-refractivity contribution in [3.8, 4) is 11.4 Å². The monoisotopic (exact) mass is 864 g/mol. The molecule has 3 amide bonds. The number of amides is 3. The lowest BCUT2D eigenvalue weighted by molar-refractivity contribution is -0.141. The molecule has 6 rings (SSSR count). The highest BCUT2D eigenvalue weighted by atomic mass is 19.1. The summed E-state index contributed by atoms with van der Waals surface area (Å²) in [6.45, 7) is 8.78. The number of aromatic nitrogens is 2. The number of hydrogen-bond donors (Lipinski definition) is 7. The number of aromatic amines is 2. The van der Waals surface area contributed by atoms with Gasteiger partial charge in [0.05, 0.1) is 41.8 Å². The Kier molecular flexibility index (Phi) is 14.9. The maximum Gasteiger partial charge on any atom is 0.248 e. The quantitative estimate of drug-likeness (QED) is 0.0764.